The van der Waals surface area contributed by atoms with Gasteiger partial charge in [0, 0.05) is 12.6 Å². The molecule has 1 aliphatic heterocycles. The molecule has 0 radical (unpaired) electrons. The minimum atomic E-state index is -1.69. The van der Waals surface area contributed by atoms with Gasteiger partial charge >= 0.3 is 6.09 Å². The van der Waals surface area contributed by atoms with Crippen LogP contribution in [0.2, 0.25) is 0 Å². The van der Waals surface area contributed by atoms with E-state index in [1.807, 2.05) is 20.8 Å². The van der Waals surface area contributed by atoms with E-state index in [1.54, 1.807) is 30.6 Å². The van der Waals surface area contributed by atoms with Crippen LogP contribution in [0.5, 0.6) is 11.5 Å². The lowest BCUT2D eigenvalue weighted by molar-refractivity contribution is 0.0447. The summed E-state index contributed by atoms with van der Waals surface area (Å²) in [5.41, 5.74) is -2.31. The molecule has 0 aliphatic carbocycles. The first-order valence-corrected chi connectivity index (χ1v) is 11.8. The summed E-state index contributed by atoms with van der Waals surface area (Å²) < 4.78 is 40.3. The Labute approximate surface area is 209 Å². The molecule has 3 rings (SSSR count). The van der Waals surface area contributed by atoms with Crippen LogP contribution in [0.4, 0.5) is 19.4 Å². The van der Waals surface area contributed by atoms with Crippen molar-refractivity contribution in [3.05, 3.63) is 42.1 Å². The molecule has 1 saturated heterocycles. The number of alkyl carbamates (subject to hydrolysis) is 1. The molecule has 2 aromatic rings. The van der Waals surface area contributed by atoms with Gasteiger partial charge in [0.1, 0.15) is 23.5 Å². The Morgan fingerprint density at radius 2 is 1.94 bits per heavy atom. The van der Waals surface area contributed by atoms with E-state index >= 15 is 4.39 Å². The fourth-order valence-electron chi connectivity index (χ4n) is 3.84. The zero-order valence-corrected chi connectivity index (χ0v) is 21.5. The maximum absolute atomic E-state index is 15.1. The molecule has 1 aromatic carbocycles. The van der Waals surface area contributed by atoms with Gasteiger partial charge in [-0.2, -0.15) is 0 Å². The second kappa shape index (κ2) is 10.6. The monoisotopic (exact) mass is 505 g/mol. The Balaban J connectivity index is 1.75. The van der Waals surface area contributed by atoms with E-state index < -0.39 is 23.2 Å². The number of nitrogens with zero attached hydrogens (tertiary/aromatic N) is 4. The minimum Gasteiger partial charge on any atom is -0.451 e. The highest BCUT2D eigenvalue weighted by molar-refractivity contribution is 5.97. The molecular weight excluding hydrogens is 472 g/mol. The number of hydrogen-bond donors (Lipinski definition) is 1. The molecule has 1 aromatic heterocycles. The number of alkyl halides is 1. The van der Waals surface area contributed by atoms with Crippen molar-refractivity contribution in [3.63, 3.8) is 0 Å². The summed E-state index contributed by atoms with van der Waals surface area (Å²) in [6, 6.07) is 3.60. The van der Waals surface area contributed by atoms with Crippen LogP contribution in [0.15, 0.2) is 30.7 Å². The van der Waals surface area contributed by atoms with E-state index in [-0.39, 0.29) is 48.6 Å². The van der Waals surface area contributed by atoms with Crippen molar-refractivity contribution >= 4 is 17.8 Å². The van der Waals surface area contributed by atoms with Gasteiger partial charge in [0.15, 0.2) is 17.2 Å². The first-order chi connectivity index (χ1) is 16.8. The molecule has 0 bridgehead atoms. The molecule has 2 amide bonds. The SMILES string of the molecule is CCN(C(=O)c1cc(F)ccc1Oc1cncnc1N1CC(F)(CNC(=O)OC(C)(C)C)C1)C(C)C. The first kappa shape index (κ1) is 27.1. The predicted octanol–water partition coefficient (Wildman–Crippen LogP) is 4.33. The van der Waals surface area contributed by atoms with E-state index in [0.717, 1.165) is 6.07 Å². The molecular formula is C25H33F2N5O4. The molecule has 196 valence electrons. The van der Waals surface area contributed by atoms with Crippen molar-refractivity contribution in [2.75, 3.05) is 31.1 Å². The highest BCUT2D eigenvalue weighted by Crippen LogP contribution is 2.37. The zero-order chi connectivity index (χ0) is 26.7. The molecule has 0 atom stereocenters. The van der Waals surface area contributed by atoms with Gasteiger partial charge in [-0.3, -0.25) is 4.79 Å². The summed E-state index contributed by atoms with van der Waals surface area (Å²) in [5, 5.41) is 2.45. The number of benzene rings is 1. The van der Waals surface area contributed by atoms with Crippen molar-refractivity contribution in [1.29, 1.82) is 0 Å². The average Bonchev–Trinajstić information content (AvgIpc) is 2.76. The number of ether oxygens (including phenoxy) is 2. The normalized spacial score (nSPS) is 14.8. The van der Waals surface area contributed by atoms with E-state index in [0.29, 0.717) is 12.4 Å². The number of halogens is 2. The highest BCUT2D eigenvalue weighted by Gasteiger charge is 2.45. The Morgan fingerprint density at radius 1 is 1.25 bits per heavy atom. The van der Waals surface area contributed by atoms with Crippen LogP contribution in [0.25, 0.3) is 0 Å². The lowest BCUT2D eigenvalue weighted by Crippen LogP contribution is -2.64. The van der Waals surface area contributed by atoms with Gasteiger partial charge in [-0.25, -0.2) is 23.5 Å². The largest absolute Gasteiger partial charge is 0.451 e. The number of amides is 2. The van der Waals surface area contributed by atoms with Crippen LogP contribution in [-0.2, 0) is 4.74 Å². The second-order valence-corrected chi connectivity index (χ2v) is 10.0. The third-order valence-corrected chi connectivity index (χ3v) is 5.47. The molecule has 2 heterocycles. The number of carbonyl (C=O) groups is 2. The van der Waals surface area contributed by atoms with E-state index in [9.17, 15) is 14.0 Å². The molecule has 0 saturated carbocycles. The molecule has 1 N–H and O–H groups in total. The van der Waals surface area contributed by atoms with Crippen LogP contribution in [-0.4, -0.2) is 70.4 Å². The van der Waals surface area contributed by atoms with Crippen LogP contribution in [0, 0.1) is 5.82 Å². The van der Waals surface area contributed by atoms with E-state index in [1.165, 1.54) is 24.7 Å². The summed E-state index contributed by atoms with van der Waals surface area (Å²) in [4.78, 5) is 36.4. The van der Waals surface area contributed by atoms with Crippen molar-refractivity contribution in [1.82, 2.24) is 20.2 Å². The third-order valence-electron chi connectivity index (χ3n) is 5.47. The quantitative estimate of drug-likeness (QED) is 0.570. The van der Waals surface area contributed by atoms with Gasteiger partial charge in [0.2, 0.25) is 0 Å². The van der Waals surface area contributed by atoms with Gasteiger partial charge in [-0.15, -0.1) is 0 Å². The topological polar surface area (TPSA) is 96.9 Å². The molecule has 9 nitrogen and oxygen atoms in total. The lowest BCUT2D eigenvalue weighted by atomic mass is 9.96. The number of hydrogen-bond acceptors (Lipinski definition) is 7. The lowest BCUT2D eigenvalue weighted by Gasteiger charge is -2.45. The maximum Gasteiger partial charge on any atom is 0.407 e. The summed E-state index contributed by atoms with van der Waals surface area (Å²) in [7, 11) is 0. The summed E-state index contributed by atoms with van der Waals surface area (Å²) in [5.74, 6) is -0.310. The van der Waals surface area contributed by atoms with Gasteiger partial charge in [-0.1, -0.05) is 0 Å². The van der Waals surface area contributed by atoms with Crippen molar-refractivity contribution in [2.24, 2.45) is 0 Å². The zero-order valence-electron chi connectivity index (χ0n) is 21.5. The number of anilines is 1. The predicted molar refractivity (Wildman–Crippen MR) is 131 cm³/mol. The standard InChI is InChI=1S/C25H33F2N5O4/c1-7-32(16(2)3)22(33)18-10-17(26)8-9-19(18)35-20-11-28-15-30-21(20)31-13-25(27,14-31)12-29-23(34)36-24(4,5)6/h8-11,15-16H,7,12-14H2,1-6H3,(H,29,34). The van der Waals surface area contributed by atoms with Gasteiger partial charge < -0.3 is 24.6 Å². The Bertz CT molecular complexity index is 1100. The summed E-state index contributed by atoms with van der Waals surface area (Å²) in [6.45, 7) is 10.9. The Kier molecular flexibility index (Phi) is 8.00. The number of nitrogens with one attached hydrogen (secondary N) is 1. The van der Waals surface area contributed by atoms with Crippen LogP contribution >= 0.6 is 0 Å². The number of aromatic nitrogens is 2. The fraction of sp³-hybridized carbons (Fsp3) is 0.520. The Morgan fingerprint density at radius 3 is 2.56 bits per heavy atom. The average molecular weight is 506 g/mol. The number of rotatable bonds is 8. The molecule has 0 spiro atoms. The third kappa shape index (κ3) is 6.58. The van der Waals surface area contributed by atoms with E-state index in [4.69, 9.17) is 9.47 Å². The van der Waals surface area contributed by atoms with Gasteiger partial charge in [-0.05, 0) is 59.7 Å². The van der Waals surface area contributed by atoms with Crippen LogP contribution in [0.3, 0.4) is 0 Å². The smallest absolute Gasteiger partial charge is 0.407 e. The highest BCUT2D eigenvalue weighted by atomic mass is 19.1. The van der Waals surface area contributed by atoms with Crippen molar-refractivity contribution in [2.45, 2.75) is 58.9 Å². The fourth-order valence-corrected chi connectivity index (χ4v) is 3.84. The van der Waals surface area contributed by atoms with Crippen molar-refractivity contribution in [3.8, 4) is 11.5 Å². The first-order valence-electron chi connectivity index (χ1n) is 11.8. The molecule has 0 unspecified atom stereocenters. The minimum absolute atomic E-state index is 0.0532. The summed E-state index contributed by atoms with van der Waals surface area (Å²) >= 11 is 0. The number of carbonyl (C=O) groups excluding carboxylic acids is 2. The molecule has 1 fully saturated rings. The molecule has 11 heteroatoms. The van der Waals surface area contributed by atoms with Crippen molar-refractivity contribution < 1.29 is 27.8 Å². The Hall–Kier alpha value is -3.50. The van der Waals surface area contributed by atoms with Crippen LogP contribution in [0.1, 0.15) is 51.9 Å². The van der Waals surface area contributed by atoms with Gasteiger partial charge in [0.25, 0.3) is 5.91 Å². The van der Waals surface area contributed by atoms with E-state index in [2.05, 4.69) is 15.3 Å². The molecule has 36 heavy (non-hydrogen) atoms. The maximum atomic E-state index is 15.1. The van der Waals surface area contributed by atoms with Crippen LogP contribution < -0.4 is 15.0 Å². The molecule has 1 aliphatic rings. The van der Waals surface area contributed by atoms with Gasteiger partial charge in [0.05, 0.1) is 31.4 Å². The summed E-state index contributed by atoms with van der Waals surface area (Å²) in [6.07, 6.45) is 2.00. The second-order valence-electron chi connectivity index (χ2n) is 10.0.